The zero-order valence-corrected chi connectivity index (χ0v) is 14.1. The molecule has 0 aliphatic rings. The first-order chi connectivity index (χ1) is 10.8. The first-order valence-corrected chi connectivity index (χ1v) is 9.02. The number of aromatic nitrogens is 2. The molecule has 0 unspecified atom stereocenters. The topological polar surface area (TPSA) is 64.1 Å². The Balaban J connectivity index is 1.63. The van der Waals surface area contributed by atoms with Crippen molar-refractivity contribution in [3.8, 4) is 5.75 Å². The average Bonchev–Trinajstić information content (AvgIpc) is 2.95. The van der Waals surface area contributed by atoms with E-state index in [0.29, 0.717) is 18.2 Å². The lowest BCUT2D eigenvalue weighted by molar-refractivity contribution is -0.116. The van der Waals surface area contributed by atoms with Crippen LogP contribution in [0.5, 0.6) is 5.75 Å². The molecule has 0 spiro atoms. The van der Waals surface area contributed by atoms with E-state index in [1.54, 1.807) is 11.8 Å². The van der Waals surface area contributed by atoms with E-state index in [1.165, 1.54) is 11.3 Å². The molecule has 0 bridgehead atoms. The first kappa shape index (κ1) is 16.8. The molecule has 1 heterocycles. The fourth-order valence-electron chi connectivity index (χ4n) is 1.65. The monoisotopic (exact) mass is 337 g/mol. The third-order valence-electron chi connectivity index (χ3n) is 2.66. The number of para-hydroxylation sites is 1. The number of rotatable bonds is 9. The highest BCUT2D eigenvalue weighted by Gasteiger charge is 2.07. The summed E-state index contributed by atoms with van der Waals surface area (Å²) in [5, 5.41) is 11.4. The van der Waals surface area contributed by atoms with Crippen molar-refractivity contribution in [1.82, 2.24) is 10.2 Å². The molecule has 0 aliphatic carbocycles. The van der Waals surface area contributed by atoms with Gasteiger partial charge >= 0.3 is 0 Å². The molecule has 2 aromatic rings. The van der Waals surface area contributed by atoms with E-state index in [0.717, 1.165) is 28.7 Å². The van der Waals surface area contributed by atoms with Crippen LogP contribution in [0.2, 0.25) is 0 Å². The normalized spacial score (nSPS) is 10.4. The number of hydrogen-bond donors (Lipinski definition) is 1. The summed E-state index contributed by atoms with van der Waals surface area (Å²) in [4.78, 5) is 11.5. The standard InChI is InChI=1S/C15H19N3O2S2/c1-2-7-13(19)16-14-17-18-15(22-14)21-11-6-10-20-12-8-4-3-5-9-12/h3-5,8-9H,2,6-7,10-11H2,1H3,(H,16,17,19). The highest BCUT2D eigenvalue weighted by molar-refractivity contribution is 8.01. The molecule has 22 heavy (non-hydrogen) atoms. The van der Waals surface area contributed by atoms with Crippen LogP contribution < -0.4 is 10.1 Å². The number of carbonyl (C=O) groups excluding carboxylic acids is 1. The molecule has 0 radical (unpaired) electrons. The Morgan fingerprint density at radius 1 is 1.32 bits per heavy atom. The predicted octanol–water partition coefficient (Wildman–Crippen LogP) is 3.84. The quantitative estimate of drug-likeness (QED) is 0.428. The number of anilines is 1. The van der Waals surface area contributed by atoms with Gasteiger partial charge in [0.2, 0.25) is 11.0 Å². The molecule has 1 aromatic heterocycles. The number of hydrogen-bond acceptors (Lipinski definition) is 6. The first-order valence-electron chi connectivity index (χ1n) is 7.22. The van der Waals surface area contributed by atoms with Crippen molar-refractivity contribution in [2.45, 2.75) is 30.5 Å². The van der Waals surface area contributed by atoms with Gasteiger partial charge < -0.3 is 10.1 Å². The summed E-state index contributed by atoms with van der Waals surface area (Å²) < 4.78 is 6.49. The van der Waals surface area contributed by atoms with Crippen LogP contribution in [0.3, 0.4) is 0 Å². The summed E-state index contributed by atoms with van der Waals surface area (Å²) in [5.41, 5.74) is 0. The van der Waals surface area contributed by atoms with Gasteiger partial charge in [0.1, 0.15) is 5.75 Å². The largest absolute Gasteiger partial charge is 0.494 e. The lowest BCUT2D eigenvalue weighted by Gasteiger charge is -2.04. The van der Waals surface area contributed by atoms with Gasteiger partial charge in [-0.05, 0) is 25.0 Å². The molecule has 1 N–H and O–H groups in total. The fraction of sp³-hybridized carbons (Fsp3) is 0.400. The predicted molar refractivity (Wildman–Crippen MR) is 90.7 cm³/mol. The van der Waals surface area contributed by atoms with Crippen LogP contribution in [0.1, 0.15) is 26.2 Å². The molecule has 0 aliphatic heterocycles. The Bertz CT molecular complexity index is 575. The minimum Gasteiger partial charge on any atom is -0.494 e. The lowest BCUT2D eigenvalue weighted by atomic mass is 10.3. The van der Waals surface area contributed by atoms with E-state index < -0.39 is 0 Å². The Morgan fingerprint density at radius 2 is 2.14 bits per heavy atom. The van der Waals surface area contributed by atoms with Gasteiger partial charge in [-0.15, -0.1) is 10.2 Å². The van der Waals surface area contributed by atoms with Gasteiger partial charge in [0.05, 0.1) is 6.61 Å². The zero-order chi connectivity index (χ0) is 15.6. The number of nitrogens with zero attached hydrogens (tertiary/aromatic N) is 2. The number of amides is 1. The molecule has 0 saturated carbocycles. The summed E-state index contributed by atoms with van der Waals surface area (Å²) >= 11 is 3.04. The van der Waals surface area contributed by atoms with Crippen LogP contribution in [0, 0.1) is 0 Å². The van der Waals surface area contributed by atoms with Crippen molar-refractivity contribution in [2.75, 3.05) is 17.7 Å². The number of ether oxygens (including phenoxy) is 1. The Morgan fingerprint density at radius 3 is 2.91 bits per heavy atom. The van der Waals surface area contributed by atoms with Crippen LogP contribution >= 0.6 is 23.1 Å². The Labute approximate surface area is 138 Å². The van der Waals surface area contributed by atoms with Crippen molar-refractivity contribution in [3.05, 3.63) is 30.3 Å². The third-order valence-corrected chi connectivity index (χ3v) is 4.71. The van der Waals surface area contributed by atoms with Crippen LogP contribution in [0.15, 0.2) is 34.7 Å². The maximum Gasteiger partial charge on any atom is 0.226 e. The second kappa shape index (κ2) is 9.42. The summed E-state index contributed by atoms with van der Waals surface area (Å²) in [6.45, 7) is 2.65. The summed E-state index contributed by atoms with van der Waals surface area (Å²) in [6.07, 6.45) is 2.27. The Hall–Kier alpha value is -1.60. The van der Waals surface area contributed by atoms with E-state index in [1.807, 2.05) is 37.3 Å². The molecule has 0 atom stereocenters. The van der Waals surface area contributed by atoms with Crippen molar-refractivity contribution < 1.29 is 9.53 Å². The molecule has 118 valence electrons. The van der Waals surface area contributed by atoms with Gasteiger partial charge in [-0.3, -0.25) is 4.79 Å². The van der Waals surface area contributed by atoms with Gasteiger partial charge in [0.15, 0.2) is 4.34 Å². The van der Waals surface area contributed by atoms with Crippen molar-refractivity contribution in [3.63, 3.8) is 0 Å². The fourth-order valence-corrected chi connectivity index (χ4v) is 3.40. The number of thioether (sulfide) groups is 1. The highest BCUT2D eigenvalue weighted by Crippen LogP contribution is 2.26. The minimum atomic E-state index is -0.00791. The van der Waals surface area contributed by atoms with E-state index in [-0.39, 0.29) is 5.91 Å². The summed E-state index contributed by atoms with van der Waals surface area (Å²) in [6, 6.07) is 9.78. The molecule has 1 aromatic carbocycles. The smallest absolute Gasteiger partial charge is 0.226 e. The second-order valence-corrected chi connectivity index (χ2v) is 6.85. The molecular formula is C15H19N3O2S2. The van der Waals surface area contributed by atoms with Gasteiger partial charge in [-0.1, -0.05) is 48.2 Å². The van der Waals surface area contributed by atoms with Crippen molar-refractivity contribution in [1.29, 1.82) is 0 Å². The number of nitrogens with one attached hydrogen (secondary N) is 1. The van der Waals surface area contributed by atoms with E-state index in [2.05, 4.69) is 15.5 Å². The maximum atomic E-state index is 11.5. The maximum absolute atomic E-state index is 11.5. The Kier molecular flexibility index (Phi) is 7.18. The zero-order valence-electron chi connectivity index (χ0n) is 12.4. The molecule has 2 rings (SSSR count). The van der Waals surface area contributed by atoms with Gasteiger partial charge in [-0.2, -0.15) is 0 Å². The van der Waals surface area contributed by atoms with Crippen LogP contribution in [0.25, 0.3) is 0 Å². The van der Waals surface area contributed by atoms with Crippen molar-refractivity contribution >= 4 is 34.1 Å². The molecular weight excluding hydrogens is 318 g/mol. The van der Waals surface area contributed by atoms with Crippen LogP contribution in [-0.4, -0.2) is 28.5 Å². The number of carbonyl (C=O) groups is 1. The van der Waals surface area contributed by atoms with E-state index in [4.69, 9.17) is 4.74 Å². The summed E-state index contributed by atoms with van der Waals surface area (Å²) in [7, 11) is 0. The average molecular weight is 337 g/mol. The molecule has 0 fully saturated rings. The molecule has 1 amide bonds. The van der Waals surface area contributed by atoms with E-state index in [9.17, 15) is 4.79 Å². The molecule has 5 nitrogen and oxygen atoms in total. The highest BCUT2D eigenvalue weighted by atomic mass is 32.2. The molecule has 7 heteroatoms. The number of benzene rings is 1. The summed E-state index contributed by atoms with van der Waals surface area (Å²) in [5.74, 6) is 1.79. The second-order valence-electron chi connectivity index (χ2n) is 4.53. The van der Waals surface area contributed by atoms with Crippen LogP contribution in [-0.2, 0) is 4.79 Å². The van der Waals surface area contributed by atoms with Gasteiger partial charge in [0, 0.05) is 12.2 Å². The molecule has 0 saturated heterocycles. The third kappa shape index (κ3) is 6.03. The minimum absolute atomic E-state index is 0.00791. The van der Waals surface area contributed by atoms with Crippen molar-refractivity contribution in [2.24, 2.45) is 0 Å². The van der Waals surface area contributed by atoms with Crippen LogP contribution in [0.4, 0.5) is 5.13 Å². The van der Waals surface area contributed by atoms with Gasteiger partial charge in [0.25, 0.3) is 0 Å². The lowest BCUT2D eigenvalue weighted by Crippen LogP contribution is -2.10. The SMILES string of the molecule is CCCC(=O)Nc1nnc(SCCCOc2ccccc2)s1. The van der Waals surface area contributed by atoms with Gasteiger partial charge in [-0.25, -0.2) is 0 Å². The van der Waals surface area contributed by atoms with E-state index >= 15 is 0 Å².